The molecule has 0 saturated carbocycles. The monoisotopic (exact) mass is 292 g/mol. The molecule has 2 unspecified atom stereocenters. The third-order valence-corrected chi connectivity index (χ3v) is 5.15. The molecule has 1 amide bonds. The van der Waals surface area contributed by atoms with Gasteiger partial charge in [0.25, 0.3) is 0 Å². The maximum Gasteiger partial charge on any atom is 0.238 e. The number of rotatable bonds is 3. The molecule has 0 aliphatic carbocycles. The average Bonchev–Trinajstić information content (AvgIpc) is 2.90. The first-order chi connectivity index (χ1) is 9.79. The highest BCUT2D eigenvalue weighted by atomic mass is 32.2. The second-order valence-corrected chi connectivity index (χ2v) is 6.38. The number of amides is 1. The number of thioether (sulfide) groups is 1. The average molecular weight is 292 g/mol. The Balaban J connectivity index is 1.84. The molecular formula is C15H20N2O2S. The van der Waals surface area contributed by atoms with Crippen molar-refractivity contribution in [1.82, 2.24) is 10.2 Å². The van der Waals surface area contributed by atoms with Crippen LogP contribution in [0.5, 0.6) is 5.75 Å². The molecule has 0 spiro atoms. The van der Waals surface area contributed by atoms with Gasteiger partial charge >= 0.3 is 0 Å². The Labute approximate surface area is 123 Å². The number of hydrogen-bond acceptors (Lipinski definition) is 4. The maximum absolute atomic E-state index is 12.2. The van der Waals surface area contributed by atoms with Crippen LogP contribution in [0.1, 0.15) is 24.6 Å². The summed E-state index contributed by atoms with van der Waals surface area (Å²) in [5.41, 5.74) is 1.10. The molecule has 0 bridgehead atoms. The van der Waals surface area contributed by atoms with Crippen molar-refractivity contribution in [3.8, 4) is 5.75 Å². The Morgan fingerprint density at radius 1 is 1.45 bits per heavy atom. The molecule has 1 aromatic rings. The molecule has 1 aromatic carbocycles. The number of carbonyl (C=O) groups excluding carboxylic acids is 1. The van der Waals surface area contributed by atoms with Crippen LogP contribution in [0.3, 0.4) is 0 Å². The van der Waals surface area contributed by atoms with Crippen molar-refractivity contribution in [3.63, 3.8) is 0 Å². The molecule has 4 nitrogen and oxygen atoms in total. The van der Waals surface area contributed by atoms with E-state index in [1.807, 2.05) is 34.9 Å². The molecule has 2 heterocycles. The molecule has 20 heavy (non-hydrogen) atoms. The largest absolute Gasteiger partial charge is 0.497 e. The Morgan fingerprint density at radius 3 is 3.10 bits per heavy atom. The number of methoxy groups -OCH3 is 1. The molecule has 3 rings (SSSR count). The fraction of sp³-hybridized carbons (Fsp3) is 0.533. The van der Waals surface area contributed by atoms with Gasteiger partial charge in [-0.05, 0) is 36.3 Å². The first-order valence-electron chi connectivity index (χ1n) is 7.06. The summed E-state index contributed by atoms with van der Waals surface area (Å²) in [5.74, 6) is 3.32. The lowest BCUT2D eigenvalue weighted by atomic mass is 10.1. The van der Waals surface area contributed by atoms with E-state index in [-0.39, 0.29) is 12.1 Å². The second-order valence-electron chi connectivity index (χ2n) is 5.23. The first kappa shape index (κ1) is 13.8. The fourth-order valence-corrected chi connectivity index (χ4v) is 4.10. The molecule has 1 N–H and O–H groups in total. The topological polar surface area (TPSA) is 41.6 Å². The van der Waals surface area contributed by atoms with Crippen molar-refractivity contribution in [3.05, 3.63) is 29.8 Å². The van der Waals surface area contributed by atoms with E-state index in [1.165, 1.54) is 12.2 Å². The van der Waals surface area contributed by atoms with E-state index in [2.05, 4.69) is 11.4 Å². The molecule has 2 aliphatic rings. The van der Waals surface area contributed by atoms with Crippen molar-refractivity contribution in [2.24, 2.45) is 0 Å². The van der Waals surface area contributed by atoms with Crippen LogP contribution in [0.25, 0.3) is 0 Å². The van der Waals surface area contributed by atoms with E-state index in [1.54, 1.807) is 7.11 Å². The Kier molecular flexibility index (Phi) is 4.17. The molecule has 2 fully saturated rings. The minimum Gasteiger partial charge on any atom is -0.497 e. The summed E-state index contributed by atoms with van der Waals surface area (Å²) < 4.78 is 5.29. The molecule has 2 saturated heterocycles. The highest BCUT2D eigenvalue weighted by molar-refractivity contribution is 7.99. The van der Waals surface area contributed by atoms with Gasteiger partial charge < -0.3 is 9.64 Å². The van der Waals surface area contributed by atoms with E-state index in [0.29, 0.717) is 12.6 Å². The van der Waals surface area contributed by atoms with Gasteiger partial charge in [0.1, 0.15) is 11.9 Å². The predicted octanol–water partition coefficient (Wildman–Crippen LogP) is 2.02. The molecule has 2 aliphatic heterocycles. The number of benzene rings is 1. The fourth-order valence-electron chi connectivity index (χ4n) is 2.97. The molecule has 0 aromatic heterocycles. The van der Waals surface area contributed by atoms with E-state index in [9.17, 15) is 4.79 Å². The van der Waals surface area contributed by atoms with Crippen LogP contribution >= 0.6 is 11.8 Å². The van der Waals surface area contributed by atoms with Crippen molar-refractivity contribution >= 4 is 17.7 Å². The highest BCUT2D eigenvalue weighted by Gasteiger charge is 2.37. The van der Waals surface area contributed by atoms with E-state index < -0.39 is 0 Å². The zero-order valence-electron chi connectivity index (χ0n) is 11.7. The van der Waals surface area contributed by atoms with Crippen LogP contribution in [0.4, 0.5) is 0 Å². The lowest BCUT2D eigenvalue weighted by Gasteiger charge is -2.35. The van der Waals surface area contributed by atoms with Crippen molar-refractivity contribution in [2.75, 3.05) is 25.2 Å². The molecule has 108 valence electrons. The second kappa shape index (κ2) is 6.06. The van der Waals surface area contributed by atoms with Crippen LogP contribution < -0.4 is 10.1 Å². The van der Waals surface area contributed by atoms with Gasteiger partial charge in [-0.15, -0.1) is 0 Å². The molecule has 5 heteroatoms. The smallest absolute Gasteiger partial charge is 0.238 e. The standard InChI is InChI=1S/C15H20N2O2S/c1-19-13-6-2-4-11(8-13)15-16-9-14(18)17(15)12-5-3-7-20-10-12/h2,4,6,8,12,15-16H,3,5,7,9-10H2,1H3. The third-order valence-electron chi connectivity index (χ3n) is 3.95. The zero-order chi connectivity index (χ0) is 13.9. The van der Waals surface area contributed by atoms with E-state index >= 15 is 0 Å². The maximum atomic E-state index is 12.2. The SMILES string of the molecule is COc1cccc(C2NCC(=O)N2C2CCCSC2)c1. The van der Waals surface area contributed by atoms with Gasteiger partial charge in [0.15, 0.2) is 0 Å². The van der Waals surface area contributed by atoms with E-state index in [4.69, 9.17) is 4.74 Å². The van der Waals surface area contributed by atoms with Gasteiger partial charge in [-0.2, -0.15) is 11.8 Å². The van der Waals surface area contributed by atoms with E-state index in [0.717, 1.165) is 23.5 Å². The number of nitrogens with zero attached hydrogens (tertiary/aromatic N) is 1. The minimum atomic E-state index is -0.0127. The van der Waals surface area contributed by atoms with Crippen molar-refractivity contribution in [1.29, 1.82) is 0 Å². The quantitative estimate of drug-likeness (QED) is 0.925. The summed E-state index contributed by atoms with van der Waals surface area (Å²) in [5, 5.41) is 3.33. The van der Waals surface area contributed by atoms with Crippen LogP contribution in [0, 0.1) is 0 Å². The van der Waals surface area contributed by atoms with Crippen LogP contribution in [0.2, 0.25) is 0 Å². The summed E-state index contributed by atoms with van der Waals surface area (Å²) >= 11 is 1.95. The molecule has 2 atom stereocenters. The Morgan fingerprint density at radius 2 is 2.35 bits per heavy atom. The summed E-state index contributed by atoms with van der Waals surface area (Å²) in [6, 6.07) is 8.33. The number of nitrogens with one attached hydrogen (secondary N) is 1. The Bertz CT molecular complexity index is 489. The van der Waals surface area contributed by atoms with Gasteiger partial charge in [0.05, 0.1) is 13.7 Å². The van der Waals surface area contributed by atoms with Crippen molar-refractivity contribution in [2.45, 2.75) is 25.0 Å². The van der Waals surface area contributed by atoms with Gasteiger partial charge in [-0.1, -0.05) is 12.1 Å². The van der Waals surface area contributed by atoms with Crippen LogP contribution in [-0.2, 0) is 4.79 Å². The van der Waals surface area contributed by atoms with Crippen LogP contribution in [-0.4, -0.2) is 42.0 Å². The highest BCUT2D eigenvalue weighted by Crippen LogP contribution is 2.31. The number of ether oxygens (including phenoxy) is 1. The van der Waals surface area contributed by atoms with Gasteiger partial charge in [-0.3, -0.25) is 10.1 Å². The van der Waals surface area contributed by atoms with Gasteiger partial charge in [0.2, 0.25) is 5.91 Å². The third kappa shape index (κ3) is 2.65. The zero-order valence-corrected chi connectivity index (χ0v) is 12.5. The Hall–Kier alpha value is -1.20. The summed E-state index contributed by atoms with van der Waals surface area (Å²) in [6.07, 6.45) is 2.30. The summed E-state index contributed by atoms with van der Waals surface area (Å²) in [4.78, 5) is 14.3. The summed E-state index contributed by atoms with van der Waals surface area (Å²) in [6.45, 7) is 0.434. The normalized spacial score (nSPS) is 26.9. The number of carbonyl (C=O) groups is 1. The van der Waals surface area contributed by atoms with Crippen molar-refractivity contribution < 1.29 is 9.53 Å². The minimum absolute atomic E-state index is 0.0127. The van der Waals surface area contributed by atoms with Gasteiger partial charge in [-0.25, -0.2) is 0 Å². The predicted molar refractivity (Wildman–Crippen MR) is 80.9 cm³/mol. The summed E-state index contributed by atoms with van der Waals surface area (Å²) in [7, 11) is 1.67. The number of hydrogen-bond donors (Lipinski definition) is 1. The van der Waals surface area contributed by atoms with Crippen LogP contribution in [0.15, 0.2) is 24.3 Å². The lowest BCUT2D eigenvalue weighted by Crippen LogP contribution is -2.42. The first-order valence-corrected chi connectivity index (χ1v) is 8.21. The van der Waals surface area contributed by atoms with Gasteiger partial charge in [0, 0.05) is 11.8 Å². The molecule has 0 radical (unpaired) electrons. The molecular weight excluding hydrogens is 272 g/mol. The lowest BCUT2D eigenvalue weighted by molar-refractivity contribution is -0.130.